The molecule has 1 amide bonds. The minimum absolute atomic E-state index is 0.310. The highest BCUT2D eigenvalue weighted by molar-refractivity contribution is 5.82. The maximum atomic E-state index is 9.99. The van der Waals surface area contributed by atoms with Gasteiger partial charge in [-0.05, 0) is 0 Å². The Labute approximate surface area is 51.6 Å². The first kappa shape index (κ1) is 7.90. The van der Waals surface area contributed by atoms with Crippen LogP contribution in [-0.4, -0.2) is 23.0 Å². The summed E-state index contributed by atoms with van der Waals surface area (Å²) in [7, 11) is 0. The average molecular weight is 136 g/mol. The van der Waals surface area contributed by atoms with Crippen molar-refractivity contribution in [3.05, 3.63) is 0 Å². The highest BCUT2D eigenvalue weighted by atomic mass is 16.5. The van der Waals surface area contributed by atoms with Gasteiger partial charge in [-0.2, -0.15) is 0 Å². The molecule has 0 spiro atoms. The van der Waals surface area contributed by atoms with E-state index in [-0.39, 0.29) is 6.42 Å². The maximum absolute atomic E-state index is 9.99. The lowest BCUT2D eigenvalue weighted by Crippen LogP contribution is -2.34. The molecule has 0 aromatic heterocycles. The van der Waals surface area contributed by atoms with Gasteiger partial charge >= 0.3 is 5.97 Å². The molecule has 5 N–H and O–H groups in total. The third-order valence-electron chi connectivity index (χ3n) is 0.738. The van der Waals surface area contributed by atoms with Gasteiger partial charge in [0.2, 0.25) is 5.91 Å². The highest BCUT2D eigenvalue weighted by Gasteiger charge is 2.13. The number of carbonyl (C=O) groups is 2. The van der Waals surface area contributed by atoms with Gasteiger partial charge in [-0.15, -0.1) is 0 Å². The molecule has 1 atom stereocenters. The second kappa shape index (κ2) is 3.03. The van der Waals surface area contributed by atoms with Crippen molar-refractivity contribution >= 4 is 11.9 Å². The van der Waals surface area contributed by atoms with E-state index < -0.39 is 17.9 Å². The van der Waals surface area contributed by atoms with Crippen LogP contribution in [0, 0.1) is 0 Å². The molecule has 0 radical (unpaired) electrons. The summed E-state index contributed by atoms with van der Waals surface area (Å²) in [5.74, 6) is -1.92. The van der Waals surface area contributed by atoms with Crippen LogP contribution in [0.4, 0.5) is 0 Å². The van der Waals surface area contributed by atoms with Crippen LogP contribution < -0.4 is 11.5 Å². The van der Waals surface area contributed by atoms with Crippen molar-refractivity contribution < 1.29 is 14.7 Å². The second-order valence-corrected chi connectivity index (χ2v) is 1.62. The Balaban J connectivity index is 3.63. The van der Waals surface area contributed by atoms with E-state index in [0.717, 1.165) is 0 Å². The molecule has 0 aliphatic carbocycles. The number of amides is 1. The normalized spacial score (nSPS) is 12.6. The number of rotatable bonds is 3. The lowest BCUT2D eigenvalue weighted by molar-refractivity contribution is -0.140. The molecule has 0 heterocycles. The largest absolute Gasteiger partial charge is 0.480 e. The summed E-state index contributed by atoms with van der Waals surface area (Å²) in [4.78, 5) is 19.9. The van der Waals surface area contributed by atoms with E-state index in [2.05, 4.69) is 5.73 Å². The first-order chi connectivity index (χ1) is 4.04. The van der Waals surface area contributed by atoms with Crippen molar-refractivity contribution in [1.29, 1.82) is 0 Å². The maximum Gasteiger partial charge on any atom is 0.321 e. The molecular weight excluding hydrogens is 128 g/mol. The Bertz CT molecular complexity index is 134. The number of nitrogens with two attached hydrogens (primary N) is 2. The molecule has 0 fully saturated rings. The Kier molecular flexibility index (Phi) is 2.66. The van der Waals surface area contributed by atoms with Gasteiger partial charge in [0.25, 0.3) is 0 Å². The number of hydrogen-bond donors (Lipinski definition) is 3. The SMILES string of the molecule is N[13C](=O)[13CH2][13C@H](N)[13C](=O)O. The summed E-state index contributed by atoms with van der Waals surface area (Å²) in [6, 6.07) is -1.16. The molecule has 5 heteroatoms. The summed E-state index contributed by atoms with van der Waals surface area (Å²) >= 11 is 0. The van der Waals surface area contributed by atoms with Crippen LogP contribution >= 0.6 is 0 Å². The number of carboxylic acid groups (broad SMARTS) is 1. The molecule has 0 saturated carbocycles. The van der Waals surface area contributed by atoms with E-state index >= 15 is 0 Å². The van der Waals surface area contributed by atoms with Crippen molar-refractivity contribution in [3.8, 4) is 0 Å². The zero-order chi connectivity index (χ0) is 7.44. The molecule has 0 aromatic rings. The number of carbonyl (C=O) groups excluding carboxylic acids is 1. The van der Waals surface area contributed by atoms with E-state index in [0.29, 0.717) is 0 Å². The molecule has 0 aliphatic heterocycles. The fourth-order valence-corrected chi connectivity index (χ4v) is 0.304. The van der Waals surface area contributed by atoms with Crippen molar-refractivity contribution in [2.45, 2.75) is 12.5 Å². The van der Waals surface area contributed by atoms with Gasteiger partial charge in [0.05, 0.1) is 6.42 Å². The van der Waals surface area contributed by atoms with Crippen LogP contribution in [-0.2, 0) is 9.59 Å². The molecule has 0 aromatic carbocycles. The molecule has 0 aliphatic rings. The highest BCUT2D eigenvalue weighted by Crippen LogP contribution is 1.84. The Morgan fingerprint density at radius 3 is 2.11 bits per heavy atom. The van der Waals surface area contributed by atoms with Crippen LogP contribution in [0.25, 0.3) is 0 Å². The Morgan fingerprint density at radius 2 is 2.00 bits per heavy atom. The van der Waals surface area contributed by atoms with Gasteiger partial charge in [0.15, 0.2) is 0 Å². The molecule has 0 rings (SSSR count). The van der Waals surface area contributed by atoms with Gasteiger partial charge in [0, 0.05) is 0 Å². The van der Waals surface area contributed by atoms with Gasteiger partial charge in [0.1, 0.15) is 6.04 Å². The molecule has 9 heavy (non-hydrogen) atoms. The third kappa shape index (κ3) is 3.48. The minimum Gasteiger partial charge on any atom is -0.480 e. The van der Waals surface area contributed by atoms with Gasteiger partial charge in [-0.1, -0.05) is 0 Å². The Morgan fingerprint density at radius 1 is 1.56 bits per heavy atom. The molecule has 52 valence electrons. The lowest BCUT2D eigenvalue weighted by atomic mass is 11.1. The third-order valence-corrected chi connectivity index (χ3v) is 0.738. The number of primary amides is 1. The summed E-state index contributed by atoms with van der Waals surface area (Å²) < 4.78 is 0. The van der Waals surface area contributed by atoms with Crippen molar-refractivity contribution in [1.82, 2.24) is 0 Å². The summed E-state index contributed by atoms with van der Waals surface area (Å²) in [6.45, 7) is 0. The predicted octanol–water partition coefficient (Wildman–Crippen LogP) is -1.73. The van der Waals surface area contributed by atoms with Crippen LogP contribution in [0.2, 0.25) is 0 Å². The molecular formula is C4H8N2O3. The molecule has 0 unspecified atom stereocenters. The molecule has 0 saturated heterocycles. The van der Waals surface area contributed by atoms with Crippen molar-refractivity contribution in [2.24, 2.45) is 11.5 Å². The van der Waals surface area contributed by atoms with E-state index in [1.54, 1.807) is 0 Å². The summed E-state index contributed by atoms with van der Waals surface area (Å²) in [5, 5.41) is 8.10. The van der Waals surface area contributed by atoms with Crippen molar-refractivity contribution in [2.75, 3.05) is 0 Å². The summed E-state index contributed by atoms with van der Waals surface area (Å²) in [5.41, 5.74) is 9.57. The minimum atomic E-state index is -1.21. The topological polar surface area (TPSA) is 106 Å². The van der Waals surface area contributed by atoms with Crippen LogP contribution in [0.1, 0.15) is 6.42 Å². The Hall–Kier alpha value is -1.10. The fourth-order valence-electron chi connectivity index (χ4n) is 0.304. The first-order valence-corrected chi connectivity index (χ1v) is 2.30. The van der Waals surface area contributed by atoms with Gasteiger partial charge in [-0.25, -0.2) is 0 Å². The van der Waals surface area contributed by atoms with Crippen molar-refractivity contribution in [3.63, 3.8) is 0 Å². The van der Waals surface area contributed by atoms with E-state index in [9.17, 15) is 9.59 Å². The fraction of sp³-hybridized carbons (Fsp3) is 0.500. The molecule has 0 bridgehead atoms. The number of aliphatic carboxylic acids is 1. The zero-order valence-electron chi connectivity index (χ0n) is 4.70. The second-order valence-electron chi connectivity index (χ2n) is 1.62. The summed E-state index contributed by atoms with van der Waals surface area (Å²) in [6.07, 6.45) is -0.310. The van der Waals surface area contributed by atoms with Crippen LogP contribution in [0.3, 0.4) is 0 Å². The number of hydrogen-bond acceptors (Lipinski definition) is 3. The average Bonchev–Trinajstić information content (AvgIpc) is 1.63. The monoisotopic (exact) mass is 136 g/mol. The predicted molar refractivity (Wildman–Crippen MR) is 29.4 cm³/mol. The van der Waals surface area contributed by atoms with Gasteiger partial charge in [-0.3, -0.25) is 9.59 Å². The van der Waals surface area contributed by atoms with Crippen LogP contribution in [0.5, 0.6) is 0 Å². The standard InChI is InChI=1S/C4H8N2O3/c5-2(4(8)9)1-3(6)7/h2H,1,5H2,(H2,6,7)(H,8,9)/t2-/m0/s1/i1+1,2+1,3+1,4+1. The van der Waals surface area contributed by atoms with E-state index in [4.69, 9.17) is 10.8 Å². The van der Waals surface area contributed by atoms with Crippen LogP contribution in [0.15, 0.2) is 0 Å². The van der Waals surface area contributed by atoms with E-state index in [1.807, 2.05) is 0 Å². The number of carboxylic acids is 1. The quantitative estimate of drug-likeness (QED) is 0.401. The van der Waals surface area contributed by atoms with E-state index in [1.165, 1.54) is 0 Å². The lowest BCUT2D eigenvalue weighted by Gasteiger charge is -1.99. The smallest absolute Gasteiger partial charge is 0.321 e. The van der Waals surface area contributed by atoms with Gasteiger partial charge < -0.3 is 16.6 Å². The molecule has 5 nitrogen and oxygen atoms in total. The first-order valence-electron chi connectivity index (χ1n) is 2.30. The zero-order valence-corrected chi connectivity index (χ0v) is 4.70.